The zero-order valence-electron chi connectivity index (χ0n) is 9.57. The summed E-state index contributed by atoms with van der Waals surface area (Å²) in [6.45, 7) is 3.83. The minimum atomic E-state index is -0.653. The van der Waals surface area contributed by atoms with Crippen LogP contribution in [0.25, 0.3) is 0 Å². The molecule has 8 heteroatoms. The van der Waals surface area contributed by atoms with Crippen LogP contribution in [0.2, 0.25) is 0 Å². The number of carbonyl (C=O) groups excluding carboxylic acids is 1. The van der Waals surface area contributed by atoms with Crippen LogP contribution in [-0.4, -0.2) is 33.8 Å². The first-order chi connectivity index (χ1) is 8.04. The van der Waals surface area contributed by atoms with Gasteiger partial charge in [-0.1, -0.05) is 6.92 Å². The van der Waals surface area contributed by atoms with Gasteiger partial charge >= 0.3 is 5.97 Å². The Morgan fingerprint density at radius 3 is 2.94 bits per heavy atom. The molecule has 1 rings (SSSR count). The van der Waals surface area contributed by atoms with Crippen molar-refractivity contribution in [3.8, 4) is 0 Å². The maximum atomic E-state index is 11.4. The third-order valence-electron chi connectivity index (χ3n) is 1.87. The average Bonchev–Trinajstić information content (AvgIpc) is 2.29. The van der Waals surface area contributed by atoms with Crippen molar-refractivity contribution in [1.82, 2.24) is 15.2 Å². The van der Waals surface area contributed by atoms with Crippen LogP contribution in [-0.2, 0) is 9.53 Å². The Morgan fingerprint density at radius 2 is 2.35 bits per heavy atom. The number of anilines is 1. The molecule has 0 aromatic carbocycles. The van der Waals surface area contributed by atoms with Crippen molar-refractivity contribution in [3.63, 3.8) is 0 Å². The molecule has 1 aromatic rings. The van der Waals surface area contributed by atoms with Gasteiger partial charge in [0.25, 0.3) is 5.56 Å². The van der Waals surface area contributed by atoms with Crippen molar-refractivity contribution in [3.05, 3.63) is 15.1 Å². The van der Waals surface area contributed by atoms with E-state index in [9.17, 15) is 9.59 Å². The van der Waals surface area contributed by atoms with E-state index in [4.69, 9.17) is 4.74 Å². The summed E-state index contributed by atoms with van der Waals surface area (Å²) in [4.78, 5) is 25.2. The van der Waals surface area contributed by atoms with Crippen molar-refractivity contribution in [2.24, 2.45) is 0 Å². The number of aromatic nitrogens is 3. The fraction of sp³-hybridized carbons (Fsp3) is 0.556. The van der Waals surface area contributed by atoms with Gasteiger partial charge in [0.05, 0.1) is 6.61 Å². The van der Waals surface area contributed by atoms with Crippen molar-refractivity contribution in [2.45, 2.75) is 26.3 Å². The standard InChI is InChI=1S/C9H14N4O3S/c1-3-4-16-8(15)5(2)10-6-7(14)11-9(17)13-12-6/h5H,3-4H2,1-2H3,(H,10,12)(H2,11,13,14,17). The third kappa shape index (κ3) is 3.99. The summed E-state index contributed by atoms with van der Waals surface area (Å²) < 4.78 is 5.04. The number of hydrogen-bond donors (Lipinski definition) is 3. The molecule has 0 aliphatic heterocycles. The third-order valence-corrected chi connectivity index (χ3v) is 2.06. The first-order valence-electron chi connectivity index (χ1n) is 5.16. The minimum Gasteiger partial charge on any atom is -0.464 e. The predicted molar refractivity (Wildman–Crippen MR) is 64.4 cm³/mol. The lowest BCUT2D eigenvalue weighted by atomic mass is 10.3. The fourth-order valence-electron chi connectivity index (χ4n) is 1.04. The maximum Gasteiger partial charge on any atom is 0.328 e. The first kappa shape index (κ1) is 13.4. The number of esters is 1. The van der Waals surface area contributed by atoms with Gasteiger partial charge in [0.15, 0.2) is 4.77 Å². The summed E-state index contributed by atoms with van der Waals surface area (Å²) >= 11 is 4.69. The highest BCUT2D eigenvalue weighted by Gasteiger charge is 2.15. The van der Waals surface area contributed by atoms with Crippen molar-refractivity contribution in [2.75, 3.05) is 11.9 Å². The second kappa shape index (κ2) is 6.14. The van der Waals surface area contributed by atoms with Gasteiger partial charge in [0, 0.05) is 0 Å². The Bertz CT molecular complexity index is 496. The van der Waals surface area contributed by atoms with Crippen LogP contribution in [0.4, 0.5) is 5.82 Å². The molecule has 0 aliphatic carbocycles. The van der Waals surface area contributed by atoms with Gasteiger partial charge in [0.2, 0.25) is 5.82 Å². The molecule has 3 N–H and O–H groups in total. The summed E-state index contributed by atoms with van der Waals surface area (Å²) in [6.07, 6.45) is 0.746. The molecule has 1 unspecified atom stereocenters. The Morgan fingerprint density at radius 1 is 1.65 bits per heavy atom. The Kier molecular flexibility index (Phi) is 4.83. The lowest BCUT2D eigenvalue weighted by molar-refractivity contribution is -0.144. The summed E-state index contributed by atoms with van der Waals surface area (Å²) in [5.74, 6) is -0.435. The van der Waals surface area contributed by atoms with Crippen molar-refractivity contribution < 1.29 is 9.53 Å². The molecule has 0 spiro atoms. The lowest BCUT2D eigenvalue weighted by Crippen LogP contribution is -2.32. The van der Waals surface area contributed by atoms with Crippen molar-refractivity contribution >= 4 is 24.0 Å². The average molecular weight is 258 g/mol. The molecule has 7 nitrogen and oxygen atoms in total. The highest BCUT2D eigenvalue weighted by molar-refractivity contribution is 7.71. The quantitative estimate of drug-likeness (QED) is 0.527. The van der Waals surface area contributed by atoms with Crippen LogP contribution in [0.15, 0.2) is 4.79 Å². The van der Waals surface area contributed by atoms with E-state index >= 15 is 0 Å². The van der Waals surface area contributed by atoms with Gasteiger partial charge in [-0.15, -0.1) is 5.10 Å². The Labute approximate surface area is 103 Å². The Hall–Kier alpha value is -1.70. The Balaban J connectivity index is 2.67. The van der Waals surface area contributed by atoms with E-state index in [0.717, 1.165) is 6.42 Å². The van der Waals surface area contributed by atoms with Crippen LogP contribution < -0.4 is 10.9 Å². The van der Waals surface area contributed by atoms with Gasteiger partial charge in [0.1, 0.15) is 6.04 Å². The van der Waals surface area contributed by atoms with Crippen LogP contribution >= 0.6 is 12.2 Å². The van der Waals surface area contributed by atoms with Crippen LogP contribution in [0.5, 0.6) is 0 Å². The summed E-state index contributed by atoms with van der Waals surface area (Å²) in [7, 11) is 0. The predicted octanol–water partition coefficient (Wildman–Crippen LogP) is 0.581. The SMILES string of the molecule is CCCOC(=O)C(C)Nc1n[nH]c(=S)[nH]c1=O. The second-order valence-corrected chi connectivity index (χ2v) is 3.80. The van der Waals surface area contributed by atoms with E-state index in [0.29, 0.717) is 6.61 Å². The van der Waals surface area contributed by atoms with E-state index in [-0.39, 0.29) is 10.6 Å². The molecule has 1 heterocycles. The molecule has 0 amide bonds. The largest absolute Gasteiger partial charge is 0.464 e. The maximum absolute atomic E-state index is 11.4. The van der Waals surface area contributed by atoms with Gasteiger partial charge in [-0.3, -0.25) is 14.9 Å². The number of carbonyl (C=O) groups is 1. The summed E-state index contributed by atoms with van der Waals surface area (Å²) in [5, 5.41) is 8.75. The number of nitrogens with zero attached hydrogens (tertiary/aromatic N) is 1. The van der Waals surface area contributed by atoms with E-state index in [1.54, 1.807) is 6.92 Å². The normalized spacial score (nSPS) is 11.9. The molecule has 0 bridgehead atoms. The number of ether oxygens (including phenoxy) is 1. The molecule has 17 heavy (non-hydrogen) atoms. The lowest BCUT2D eigenvalue weighted by Gasteiger charge is -2.12. The minimum absolute atomic E-state index is 0.000418. The summed E-state index contributed by atoms with van der Waals surface area (Å²) in [5.41, 5.74) is -0.483. The molecular weight excluding hydrogens is 244 g/mol. The highest BCUT2D eigenvalue weighted by atomic mass is 32.1. The topological polar surface area (TPSA) is 99.9 Å². The molecular formula is C9H14N4O3S. The number of aromatic amines is 2. The van der Waals surface area contributed by atoms with E-state index in [1.807, 2.05) is 6.92 Å². The van der Waals surface area contributed by atoms with Crippen LogP contribution in [0, 0.1) is 4.77 Å². The number of nitrogens with one attached hydrogen (secondary N) is 3. The van der Waals surface area contributed by atoms with Gasteiger partial charge in [-0.2, -0.15) is 0 Å². The van der Waals surface area contributed by atoms with E-state index in [2.05, 4.69) is 32.7 Å². The fourth-order valence-corrected chi connectivity index (χ4v) is 1.18. The monoisotopic (exact) mass is 258 g/mol. The van der Waals surface area contributed by atoms with Gasteiger partial charge < -0.3 is 10.1 Å². The molecule has 1 aromatic heterocycles. The molecule has 0 saturated carbocycles. The van der Waals surface area contributed by atoms with Crippen molar-refractivity contribution in [1.29, 1.82) is 0 Å². The molecule has 94 valence electrons. The second-order valence-electron chi connectivity index (χ2n) is 3.39. The number of hydrogen-bond acceptors (Lipinski definition) is 6. The molecule has 0 aliphatic rings. The molecule has 0 saturated heterocycles. The smallest absolute Gasteiger partial charge is 0.328 e. The van der Waals surface area contributed by atoms with Crippen LogP contribution in [0.1, 0.15) is 20.3 Å². The number of rotatable bonds is 5. The molecule has 0 fully saturated rings. The molecule has 1 atom stereocenters. The van der Waals surface area contributed by atoms with Gasteiger partial charge in [-0.25, -0.2) is 4.79 Å². The zero-order valence-corrected chi connectivity index (χ0v) is 10.4. The van der Waals surface area contributed by atoms with E-state index in [1.165, 1.54) is 0 Å². The highest BCUT2D eigenvalue weighted by Crippen LogP contribution is 1.97. The first-order valence-corrected chi connectivity index (χ1v) is 5.57. The zero-order chi connectivity index (χ0) is 12.8. The van der Waals surface area contributed by atoms with Crippen LogP contribution in [0.3, 0.4) is 0 Å². The number of H-pyrrole nitrogens is 2. The summed E-state index contributed by atoms with van der Waals surface area (Å²) in [6, 6.07) is -0.653. The van der Waals surface area contributed by atoms with Gasteiger partial charge in [-0.05, 0) is 25.6 Å². The molecule has 0 radical (unpaired) electrons. The van der Waals surface area contributed by atoms with E-state index < -0.39 is 17.6 Å².